The first kappa shape index (κ1) is 24.3. The van der Waals surface area contributed by atoms with Gasteiger partial charge in [-0.2, -0.15) is 0 Å². The summed E-state index contributed by atoms with van der Waals surface area (Å²) in [6.45, 7) is -38.5. The number of imidazole rings is 1. The standard InChI is InChI=1S/C89H80N4OSi/c1-60-52-84(90-58-75(60)63-43-47-77-79(55-63)89(8,9)51-49-87(77,4)5)93-80-39-20-19-36-73(80)74-45-44-66(57-83(74)93)94-65-28-24-27-64(56-65)91-59-92(82-41-22-21-40-81(82)91)85-71(37-25-38-72(85)62-42-46-76-78(54-62)88(6,7)50-48-86(76,2)3)61-26-23-35-70(53-61)95(67-29-13-10-14-30-67,68-31-15-11-16-32-68)69-33-17-12-18-34-69/h10-47,52-58H,48-51H2,1-9H3/i1D3,2D3,3D3,4D3,5D3,6D3,7D3,8D3,9D3,10D,11D,12D,13D,14D,15D,16D,17D,18D,23D,26D,29D,30D,31D,32D,33D,34D,35D,42D,46D,48D2,49D2,50D2,51D2,53D,54D. The van der Waals surface area contributed by atoms with Crippen molar-refractivity contribution >= 4 is 61.7 Å². The predicted octanol–water partition coefficient (Wildman–Crippen LogP) is 19.4. The Morgan fingerprint density at radius 1 is 0.474 bits per heavy atom. The van der Waals surface area contributed by atoms with Crippen molar-refractivity contribution in [3.05, 3.63) is 307 Å². The Balaban J connectivity index is 0.983. The second-order valence-corrected chi connectivity index (χ2v) is 25.9. The number of pyridine rings is 1. The molecule has 0 saturated carbocycles. The third-order valence-corrected chi connectivity index (χ3v) is 20.6. The average molecular weight is 1310 g/mol. The smallest absolute Gasteiger partial charge is 0.269 e. The number of hydrogen-bond acceptors (Lipinski definition) is 2. The first-order valence-electron chi connectivity index (χ1n) is 57.5. The van der Waals surface area contributed by atoms with Gasteiger partial charge in [0.15, 0.2) is 8.07 Å². The summed E-state index contributed by atoms with van der Waals surface area (Å²) in [5.41, 5.74) is -30.9. The quantitative estimate of drug-likeness (QED) is 0.0529. The molecule has 0 unspecified atom stereocenters. The maximum Gasteiger partial charge on any atom is 0.269 e. The highest BCUT2D eigenvalue weighted by Gasteiger charge is 2.43. The molecule has 5 nitrogen and oxygen atoms in total. The molecule has 3 aromatic heterocycles. The van der Waals surface area contributed by atoms with Crippen LogP contribution in [0.4, 0.5) is 0 Å². The van der Waals surface area contributed by atoms with E-state index < -0.39 is 337 Å². The lowest BCUT2D eigenvalue weighted by Crippen LogP contribution is -2.74. The van der Waals surface area contributed by atoms with Crippen LogP contribution in [0.3, 0.4) is 0 Å². The zero-order chi connectivity index (χ0) is 114. The van der Waals surface area contributed by atoms with Crippen LogP contribution in [-0.4, -0.2) is 22.2 Å². The number of aromatic nitrogens is 4. The minimum atomic E-state index is -6.82. The minimum Gasteiger partial charge on any atom is -0.458 e. The van der Waals surface area contributed by atoms with Crippen LogP contribution in [0.5, 0.6) is 11.5 Å². The second-order valence-electron chi connectivity index (χ2n) is 22.4. The van der Waals surface area contributed by atoms with Crippen molar-refractivity contribution in [1.29, 1.82) is 0 Å². The van der Waals surface area contributed by atoms with E-state index in [0.29, 0.717) is 28.4 Å². The van der Waals surface area contributed by atoms with Gasteiger partial charge in [-0.1, -0.05) is 273 Å². The SMILES string of the molecule is [2H]c1c([2H])c([2H])c([Si](c2c([2H])c([2H])c([2H])c([2H])c2[2H])(c2c([2H])c([2H])c([2H])c([2H])c2[2H])c2c([2H])c([2H])c([2H])c(-c3cccc(-c4c([2H])c([2H])c5c(c4[2H])C(C([2H])([2H])[2H])(C([2H])([2H])[2H])C([2H])([2H])C([2H])([2H])C5(C([2H])([2H])[2H])C([2H])([2H])[2H])c3-[n+]3[c-]n(-c4cccc(Oc5ccc6c7ccccc7n(-c7cc(C([2H])([2H])[2H])c(-c8ccc9c(c8)C(C([2H])([2H])[2H])(C([2H])([2H])[2H])C([2H])([2H])C([2H])([2H])C9(C([2H])([2H])[2H])C([2H])([2H])[2H])cn7)c6c5)c4)c4ccccc43)c2[2H])c([2H])c1[2H]. The third kappa shape index (κ3) is 10.1. The molecule has 3 heterocycles. The second kappa shape index (κ2) is 22.8. The van der Waals surface area contributed by atoms with E-state index in [1.54, 1.807) is 30.3 Å². The largest absolute Gasteiger partial charge is 0.458 e. The lowest BCUT2D eigenvalue weighted by molar-refractivity contribution is -0.571. The normalized spacial score (nSPS) is 27.4. The summed E-state index contributed by atoms with van der Waals surface area (Å²) in [6, 6.07) is -3.51. The van der Waals surface area contributed by atoms with Crippen molar-refractivity contribution in [2.45, 2.75) is 109 Å². The van der Waals surface area contributed by atoms with E-state index in [-0.39, 0.29) is 39.6 Å². The molecule has 14 aromatic rings. The van der Waals surface area contributed by atoms with E-state index >= 15 is 0 Å². The summed E-state index contributed by atoms with van der Waals surface area (Å²) in [5.74, 6) is -0.360. The summed E-state index contributed by atoms with van der Waals surface area (Å²) in [5, 5.41) is -4.44. The molecule has 6 heteroatoms. The van der Waals surface area contributed by atoms with Gasteiger partial charge in [0, 0.05) is 76.6 Å². The molecule has 0 bridgehead atoms. The highest BCUT2D eigenvalue weighted by Crippen LogP contribution is 2.49. The number of ether oxygens (including phenoxy) is 1. The molecule has 2 aliphatic rings. The molecule has 11 aromatic carbocycles. The summed E-state index contributed by atoms with van der Waals surface area (Å²) in [4.78, 5) is 4.69. The monoisotopic (exact) mass is 1310 g/mol. The van der Waals surface area contributed by atoms with Crippen LogP contribution in [0, 0.1) is 13.2 Å². The molecule has 0 atom stereocenters. The Morgan fingerprint density at radius 3 is 1.77 bits per heavy atom. The van der Waals surface area contributed by atoms with Gasteiger partial charge in [0.05, 0.1) is 63.6 Å². The Morgan fingerprint density at radius 2 is 1.07 bits per heavy atom. The number of aryl methyl sites for hydroxylation is 1. The third-order valence-electron chi connectivity index (χ3n) is 16.6. The lowest BCUT2D eigenvalue weighted by atomic mass is 9.63. The number of para-hydroxylation sites is 4. The van der Waals surface area contributed by atoms with Crippen molar-refractivity contribution in [3.8, 4) is 62.1 Å². The van der Waals surface area contributed by atoms with Gasteiger partial charge in [-0.3, -0.25) is 13.7 Å². The first-order chi connectivity index (χ1) is 69.4. The fourth-order valence-electron chi connectivity index (χ4n) is 12.3. The summed E-state index contributed by atoms with van der Waals surface area (Å²) in [6.07, 6.45) is -14.6. The van der Waals surface area contributed by atoms with Gasteiger partial charge in [0.2, 0.25) is 0 Å². The van der Waals surface area contributed by atoms with E-state index in [4.69, 9.17) is 42.6 Å². The van der Waals surface area contributed by atoms with Gasteiger partial charge in [-0.25, -0.2) is 4.98 Å². The Bertz CT molecular complexity index is 7870. The molecule has 0 radical (unpaired) electrons. The molecular weight excluding hydrogens is 1170 g/mol. The van der Waals surface area contributed by atoms with Gasteiger partial charge in [-0.15, -0.1) is 0 Å². The summed E-state index contributed by atoms with van der Waals surface area (Å²) < 4.78 is 542. The van der Waals surface area contributed by atoms with Gasteiger partial charge < -0.3 is 4.74 Å². The predicted molar refractivity (Wildman–Crippen MR) is 398 cm³/mol. The van der Waals surface area contributed by atoms with Gasteiger partial charge in [0.1, 0.15) is 17.3 Å². The molecule has 2 aliphatic carbocycles. The molecule has 0 amide bonds. The molecule has 0 aliphatic heterocycles. The van der Waals surface area contributed by atoms with Crippen LogP contribution in [0.2, 0.25) is 0 Å². The lowest BCUT2D eigenvalue weighted by Gasteiger charge is -2.42. The van der Waals surface area contributed by atoms with Crippen LogP contribution in [0.1, 0.15) is 186 Å². The fraction of sp³-hybridized carbons (Fsp3) is 0.191. The minimum absolute atomic E-state index is 0.0433. The Hall–Kier alpha value is -10.1. The zero-order valence-electron chi connectivity index (χ0n) is 106. The molecule has 0 saturated heterocycles. The van der Waals surface area contributed by atoms with Crippen LogP contribution in [0.25, 0.3) is 83.4 Å². The summed E-state index contributed by atoms with van der Waals surface area (Å²) in [7, 11) is -6.82. The Kier molecular flexibility index (Phi) is 5.82. The van der Waals surface area contributed by atoms with E-state index in [0.717, 1.165) is 41.1 Å². The molecule has 95 heavy (non-hydrogen) atoms. The molecular formula is C89H80N4OSi. The molecule has 0 fully saturated rings. The average Bonchev–Trinajstić information content (AvgIpc) is 0.680. The maximum absolute atomic E-state index is 11.1. The van der Waals surface area contributed by atoms with Crippen LogP contribution in [0.15, 0.2) is 273 Å². The zero-order valence-corrected chi connectivity index (χ0v) is 50.0. The van der Waals surface area contributed by atoms with E-state index in [2.05, 4.69) is 6.33 Å². The van der Waals surface area contributed by atoms with Crippen molar-refractivity contribution in [2.24, 2.45) is 0 Å². The summed E-state index contributed by atoms with van der Waals surface area (Å²) >= 11 is 0. The van der Waals surface area contributed by atoms with Crippen molar-refractivity contribution in [3.63, 3.8) is 0 Å². The molecule has 0 N–H and O–H groups in total. The highest BCUT2D eigenvalue weighted by atomic mass is 28.3. The number of rotatable bonds is 12. The van der Waals surface area contributed by atoms with E-state index in [1.807, 2.05) is 0 Å². The van der Waals surface area contributed by atoms with Gasteiger partial charge in [-0.05, 0) is 173 Å². The molecule has 466 valence electrons. The fourth-order valence-corrected chi connectivity index (χ4v) is 15.9. The van der Waals surface area contributed by atoms with Crippen molar-refractivity contribution < 1.29 is 87.4 Å². The van der Waals surface area contributed by atoms with Crippen molar-refractivity contribution in [1.82, 2.24) is 14.1 Å². The molecule has 16 rings (SSSR count). The number of nitrogens with zero attached hydrogens (tertiary/aromatic N) is 4. The van der Waals surface area contributed by atoms with Crippen LogP contribution >= 0.6 is 0 Å². The number of fused-ring (bicyclic) bond motifs is 6. The van der Waals surface area contributed by atoms with Crippen LogP contribution < -0.4 is 30.1 Å². The number of hydrogen-bond donors (Lipinski definition) is 0. The topological polar surface area (TPSA) is 35.9 Å². The van der Waals surface area contributed by atoms with Gasteiger partial charge >= 0.3 is 0 Å². The highest BCUT2D eigenvalue weighted by molar-refractivity contribution is 7.19. The van der Waals surface area contributed by atoms with Crippen LogP contribution in [-0.2, 0) is 21.7 Å². The first-order valence-corrected chi connectivity index (χ1v) is 31.0. The van der Waals surface area contributed by atoms with E-state index in [1.165, 1.54) is 69.8 Å². The molecule has 0 spiro atoms. The van der Waals surface area contributed by atoms with E-state index in [9.17, 15) is 45.2 Å². The van der Waals surface area contributed by atoms with Crippen molar-refractivity contribution in [2.75, 3.05) is 0 Å². The number of benzene rings is 11. The Labute approximate surface area is 640 Å². The van der Waals surface area contributed by atoms with Gasteiger partial charge in [0.25, 0.3) is 6.33 Å². The maximum atomic E-state index is 11.1.